The number of nitrogens with zero attached hydrogens (tertiary/aromatic N) is 1. The van der Waals surface area contributed by atoms with E-state index in [1.54, 1.807) is 0 Å². The van der Waals surface area contributed by atoms with E-state index in [1.165, 1.54) is 0 Å². The number of hydrogen-bond acceptors (Lipinski definition) is 3. The minimum Gasteiger partial charge on any atom is -0.494 e. The molecule has 1 aliphatic rings. The van der Waals surface area contributed by atoms with Crippen LogP contribution in [0.5, 0.6) is 5.75 Å². The van der Waals surface area contributed by atoms with Crippen molar-refractivity contribution in [2.45, 2.75) is 46.2 Å². The van der Waals surface area contributed by atoms with E-state index in [9.17, 15) is 4.79 Å². The highest BCUT2D eigenvalue weighted by atomic mass is 16.5. The van der Waals surface area contributed by atoms with Crippen LogP contribution in [0.1, 0.15) is 39.2 Å². The number of urea groups is 1. The van der Waals surface area contributed by atoms with Crippen LogP contribution in [-0.4, -0.2) is 43.2 Å². The molecule has 1 aromatic rings. The number of piperidine rings is 1. The third kappa shape index (κ3) is 6.40. The summed E-state index contributed by atoms with van der Waals surface area (Å²) in [6.07, 6.45) is 2.06. The van der Waals surface area contributed by atoms with Gasteiger partial charge in [-0.1, -0.05) is 26.0 Å². The summed E-state index contributed by atoms with van der Waals surface area (Å²) in [7, 11) is 0. The molecule has 2 amide bonds. The number of nitrogens with one attached hydrogen (secondary N) is 2. The van der Waals surface area contributed by atoms with Crippen molar-refractivity contribution in [1.29, 1.82) is 0 Å². The van der Waals surface area contributed by atoms with Crippen molar-refractivity contribution in [1.82, 2.24) is 15.5 Å². The van der Waals surface area contributed by atoms with Gasteiger partial charge < -0.3 is 20.3 Å². The maximum Gasteiger partial charge on any atom is 0.315 e. The third-order valence-corrected chi connectivity index (χ3v) is 4.21. The van der Waals surface area contributed by atoms with Crippen LogP contribution in [0, 0.1) is 5.92 Å². The van der Waals surface area contributed by atoms with E-state index in [2.05, 4.69) is 29.4 Å². The Morgan fingerprint density at radius 1 is 1.33 bits per heavy atom. The minimum absolute atomic E-state index is 0.0841. The average Bonchev–Trinajstić information content (AvgIpc) is 2.55. The quantitative estimate of drug-likeness (QED) is 0.806. The van der Waals surface area contributed by atoms with Gasteiger partial charge in [0.2, 0.25) is 0 Å². The average molecular weight is 333 g/mol. The van der Waals surface area contributed by atoms with Gasteiger partial charge in [0.05, 0.1) is 6.61 Å². The number of ether oxygens (including phenoxy) is 1. The predicted molar refractivity (Wildman–Crippen MR) is 97.3 cm³/mol. The highest BCUT2D eigenvalue weighted by molar-refractivity contribution is 5.74. The van der Waals surface area contributed by atoms with E-state index >= 15 is 0 Å². The van der Waals surface area contributed by atoms with Gasteiger partial charge in [-0.2, -0.15) is 0 Å². The zero-order valence-corrected chi connectivity index (χ0v) is 15.2. The lowest BCUT2D eigenvalue weighted by molar-refractivity contribution is 0.178. The van der Waals surface area contributed by atoms with Gasteiger partial charge in [0, 0.05) is 32.2 Å². The molecule has 0 radical (unpaired) electrons. The van der Waals surface area contributed by atoms with Crippen molar-refractivity contribution in [2.75, 3.05) is 26.2 Å². The lowest BCUT2D eigenvalue weighted by atomic mass is 10.0. The van der Waals surface area contributed by atoms with Crippen LogP contribution in [0.25, 0.3) is 0 Å². The summed E-state index contributed by atoms with van der Waals surface area (Å²) >= 11 is 0. The first-order valence-corrected chi connectivity index (χ1v) is 9.05. The summed E-state index contributed by atoms with van der Waals surface area (Å²) in [6, 6.07) is 8.03. The first-order chi connectivity index (χ1) is 11.6. The second-order valence-electron chi connectivity index (χ2n) is 6.88. The van der Waals surface area contributed by atoms with E-state index in [0.29, 0.717) is 19.1 Å². The second kappa shape index (κ2) is 9.52. The lowest BCUT2D eigenvalue weighted by Gasteiger charge is -2.33. The first-order valence-electron chi connectivity index (χ1n) is 9.05. The number of benzene rings is 1. The van der Waals surface area contributed by atoms with E-state index < -0.39 is 0 Å². The SMILES string of the molecule is CCOc1cccc(CNC(=O)NC2CCN(CC(C)C)CC2)c1. The fourth-order valence-corrected chi connectivity index (χ4v) is 3.11. The van der Waals surface area contributed by atoms with Crippen LogP contribution in [0.15, 0.2) is 24.3 Å². The zero-order chi connectivity index (χ0) is 17.4. The molecule has 0 atom stereocenters. The van der Waals surface area contributed by atoms with Crippen LogP contribution >= 0.6 is 0 Å². The molecule has 0 aromatic heterocycles. The molecule has 134 valence electrons. The fraction of sp³-hybridized carbons (Fsp3) is 0.632. The molecular weight excluding hydrogens is 302 g/mol. The molecule has 0 saturated carbocycles. The van der Waals surface area contributed by atoms with Gasteiger partial charge in [0.25, 0.3) is 0 Å². The van der Waals surface area contributed by atoms with E-state index in [1.807, 2.05) is 31.2 Å². The van der Waals surface area contributed by atoms with Crippen molar-refractivity contribution >= 4 is 6.03 Å². The molecule has 5 heteroatoms. The summed E-state index contributed by atoms with van der Waals surface area (Å²) in [6.45, 7) is 10.9. The molecule has 2 N–H and O–H groups in total. The maximum atomic E-state index is 12.1. The number of likely N-dealkylation sites (tertiary alicyclic amines) is 1. The lowest BCUT2D eigenvalue weighted by Crippen LogP contribution is -2.48. The van der Waals surface area contributed by atoms with E-state index in [0.717, 1.165) is 43.8 Å². The summed E-state index contributed by atoms with van der Waals surface area (Å²) in [5.74, 6) is 1.54. The summed E-state index contributed by atoms with van der Waals surface area (Å²) < 4.78 is 5.48. The van der Waals surface area contributed by atoms with Gasteiger partial charge in [-0.3, -0.25) is 0 Å². The molecule has 1 heterocycles. The maximum absolute atomic E-state index is 12.1. The molecule has 5 nitrogen and oxygen atoms in total. The molecule has 0 unspecified atom stereocenters. The zero-order valence-electron chi connectivity index (χ0n) is 15.2. The summed E-state index contributed by atoms with van der Waals surface area (Å²) in [5, 5.41) is 6.03. The van der Waals surface area contributed by atoms with Gasteiger partial charge >= 0.3 is 6.03 Å². The molecule has 0 bridgehead atoms. The number of amides is 2. The van der Waals surface area contributed by atoms with Crippen molar-refractivity contribution < 1.29 is 9.53 Å². The molecule has 0 aliphatic carbocycles. The van der Waals surface area contributed by atoms with Crippen LogP contribution in [0.3, 0.4) is 0 Å². The Morgan fingerprint density at radius 3 is 2.75 bits per heavy atom. The Bertz CT molecular complexity index is 511. The number of hydrogen-bond donors (Lipinski definition) is 2. The van der Waals surface area contributed by atoms with Gasteiger partial charge in [0.1, 0.15) is 5.75 Å². The Balaban J connectivity index is 1.69. The molecule has 1 fully saturated rings. The molecule has 0 spiro atoms. The van der Waals surface area contributed by atoms with E-state index in [4.69, 9.17) is 4.74 Å². The topological polar surface area (TPSA) is 53.6 Å². The highest BCUT2D eigenvalue weighted by Crippen LogP contribution is 2.14. The standard InChI is InChI=1S/C19H31N3O2/c1-4-24-18-7-5-6-16(12-18)13-20-19(23)21-17-8-10-22(11-9-17)14-15(2)3/h5-7,12,15,17H,4,8-11,13-14H2,1-3H3,(H2,20,21,23). The molecule has 1 aliphatic heterocycles. The summed E-state index contributed by atoms with van der Waals surface area (Å²) in [4.78, 5) is 14.6. The third-order valence-electron chi connectivity index (χ3n) is 4.21. The van der Waals surface area contributed by atoms with Crippen molar-refractivity contribution in [3.63, 3.8) is 0 Å². The van der Waals surface area contributed by atoms with E-state index in [-0.39, 0.29) is 12.1 Å². The van der Waals surface area contributed by atoms with Gasteiger partial charge in [-0.05, 0) is 43.4 Å². The van der Waals surface area contributed by atoms with Crippen LogP contribution in [-0.2, 0) is 6.54 Å². The van der Waals surface area contributed by atoms with Crippen molar-refractivity contribution in [3.8, 4) is 5.75 Å². The largest absolute Gasteiger partial charge is 0.494 e. The van der Waals surface area contributed by atoms with Crippen LogP contribution < -0.4 is 15.4 Å². The number of carbonyl (C=O) groups excluding carboxylic acids is 1. The monoisotopic (exact) mass is 333 g/mol. The molecule has 2 rings (SSSR count). The minimum atomic E-state index is -0.0841. The Labute approximate surface area is 145 Å². The first kappa shape index (κ1) is 18.6. The molecular formula is C19H31N3O2. The number of rotatable bonds is 7. The molecule has 24 heavy (non-hydrogen) atoms. The fourth-order valence-electron chi connectivity index (χ4n) is 3.11. The van der Waals surface area contributed by atoms with Crippen LogP contribution in [0.4, 0.5) is 4.79 Å². The second-order valence-corrected chi connectivity index (χ2v) is 6.88. The normalized spacial score (nSPS) is 16.2. The predicted octanol–water partition coefficient (Wildman–Crippen LogP) is 3.00. The summed E-state index contributed by atoms with van der Waals surface area (Å²) in [5.41, 5.74) is 1.04. The Hall–Kier alpha value is -1.75. The Kier molecular flexibility index (Phi) is 7.37. The van der Waals surface area contributed by atoms with Crippen LogP contribution in [0.2, 0.25) is 0 Å². The van der Waals surface area contributed by atoms with Gasteiger partial charge in [-0.25, -0.2) is 4.79 Å². The highest BCUT2D eigenvalue weighted by Gasteiger charge is 2.20. The van der Waals surface area contributed by atoms with Gasteiger partial charge in [-0.15, -0.1) is 0 Å². The molecule has 1 saturated heterocycles. The smallest absolute Gasteiger partial charge is 0.315 e. The molecule has 1 aromatic carbocycles. The van der Waals surface area contributed by atoms with Gasteiger partial charge in [0.15, 0.2) is 0 Å². The van der Waals surface area contributed by atoms with Crippen molar-refractivity contribution in [2.24, 2.45) is 5.92 Å². The number of carbonyl (C=O) groups is 1. The Morgan fingerprint density at radius 2 is 2.08 bits per heavy atom. The van der Waals surface area contributed by atoms with Crippen molar-refractivity contribution in [3.05, 3.63) is 29.8 Å².